The first-order valence-electron chi connectivity index (χ1n) is 8.80. The number of phenolic OH excluding ortho intramolecular Hbond substituents is 1. The Morgan fingerprint density at radius 2 is 1.59 bits per heavy atom. The van der Waals surface area contributed by atoms with Crippen LogP contribution in [0.3, 0.4) is 0 Å². The Kier molecular flexibility index (Phi) is 4.38. The van der Waals surface area contributed by atoms with Crippen molar-refractivity contribution in [1.29, 1.82) is 0 Å². The highest BCUT2D eigenvalue weighted by atomic mass is 16.4. The average Bonchev–Trinajstić information content (AvgIpc) is 3.01. The molecule has 0 saturated heterocycles. The van der Waals surface area contributed by atoms with Gasteiger partial charge in [0, 0.05) is 22.9 Å². The zero-order valence-corrected chi connectivity index (χ0v) is 15.2. The van der Waals surface area contributed by atoms with E-state index in [4.69, 9.17) is 4.42 Å². The maximum atomic E-state index is 10.00. The van der Waals surface area contributed by atoms with Gasteiger partial charge in [-0.1, -0.05) is 42.5 Å². The molecule has 4 aromatic rings. The molecular weight excluding hydrogens is 336 g/mol. The number of benzene rings is 3. The highest BCUT2D eigenvalue weighted by Gasteiger charge is 2.15. The Morgan fingerprint density at radius 3 is 2.37 bits per heavy atom. The van der Waals surface area contributed by atoms with Gasteiger partial charge in [0.15, 0.2) is 0 Å². The number of aromatic hydroxyl groups is 1. The van der Waals surface area contributed by atoms with E-state index in [1.807, 2.05) is 42.5 Å². The topological polar surface area (TPSA) is 57.8 Å². The lowest BCUT2D eigenvalue weighted by Crippen LogP contribution is -1.95. The second-order valence-corrected chi connectivity index (χ2v) is 6.48. The number of hydrogen-bond acceptors (Lipinski definition) is 4. The Labute approximate surface area is 157 Å². The van der Waals surface area contributed by atoms with Crippen LogP contribution in [-0.2, 0) is 0 Å². The largest absolute Gasteiger partial charge is 0.507 e. The van der Waals surface area contributed by atoms with E-state index in [0.29, 0.717) is 17.1 Å². The van der Waals surface area contributed by atoms with Gasteiger partial charge in [-0.3, -0.25) is 0 Å². The third kappa shape index (κ3) is 3.29. The van der Waals surface area contributed by atoms with E-state index < -0.39 is 0 Å². The molecule has 0 aliphatic heterocycles. The van der Waals surface area contributed by atoms with Gasteiger partial charge in [-0.25, -0.2) is 4.99 Å². The molecule has 0 saturated carbocycles. The normalized spacial score (nSPS) is 11.3. The Morgan fingerprint density at radius 1 is 0.889 bits per heavy atom. The summed E-state index contributed by atoms with van der Waals surface area (Å²) in [6.07, 6.45) is 1.66. The third-order valence-corrected chi connectivity index (χ3v) is 4.56. The van der Waals surface area contributed by atoms with Crippen molar-refractivity contribution >= 4 is 34.4 Å². The summed E-state index contributed by atoms with van der Waals surface area (Å²) in [5.41, 5.74) is 5.39. The lowest BCUT2D eigenvalue weighted by atomic mass is 10.1. The molecule has 4 rings (SSSR count). The molecule has 0 spiro atoms. The number of aliphatic imine (C=N–C) groups is 1. The molecule has 0 radical (unpaired) electrons. The van der Waals surface area contributed by atoms with Gasteiger partial charge in [0.05, 0.1) is 0 Å². The summed E-state index contributed by atoms with van der Waals surface area (Å²) in [5, 5.41) is 14.3. The number of anilines is 2. The standard InChI is InChI=1S/C23H20N2O2/c1-15-8-7-9-16(2)21(15)25-23-22(18-11-4-6-13-20(18)27-23)24-14-17-10-3-5-12-19(17)26/h3-14,25-26H,1-2H3. The first kappa shape index (κ1) is 16.9. The van der Waals surface area contributed by atoms with Crippen LogP contribution in [0.5, 0.6) is 5.75 Å². The lowest BCUT2D eigenvalue weighted by Gasteiger charge is -2.11. The maximum absolute atomic E-state index is 10.00. The predicted molar refractivity (Wildman–Crippen MR) is 111 cm³/mol. The van der Waals surface area contributed by atoms with Crippen LogP contribution in [-0.4, -0.2) is 11.3 Å². The van der Waals surface area contributed by atoms with E-state index in [9.17, 15) is 5.11 Å². The summed E-state index contributed by atoms with van der Waals surface area (Å²) < 4.78 is 6.04. The molecule has 0 amide bonds. The zero-order chi connectivity index (χ0) is 18.8. The van der Waals surface area contributed by atoms with Crippen molar-refractivity contribution in [2.75, 3.05) is 5.32 Å². The second kappa shape index (κ2) is 7.00. The van der Waals surface area contributed by atoms with Crippen LogP contribution in [0.15, 0.2) is 76.1 Å². The number of hydrogen-bond donors (Lipinski definition) is 2. The summed E-state index contributed by atoms with van der Waals surface area (Å²) >= 11 is 0. The second-order valence-electron chi connectivity index (χ2n) is 6.48. The molecule has 2 N–H and O–H groups in total. The number of rotatable bonds is 4. The molecule has 27 heavy (non-hydrogen) atoms. The van der Waals surface area contributed by atoms with Gasteiger partial charge >= 0.3 is 0 Å². The quantitative estimate of drug-likeness (QED) is 0.425. The molecule has 0 aliphatic rings. The summed E-state index contributed by atoms with van der Waals surface area (Å²) in [6.45, 7) is 4.12. The molecule has 134 valence electrons. The van der Waals surface area contributed by atoms with Crippen molar-refractivity contribution in [3.8, 4) is 5.75 Å². The Balaban J connectivity index is 1.81. The van der Waals surface area contributed by atoms with Crippen molar-refractivity contribution in [1.82, 2.24) is 0 Å². The van der Waals surface area contributed by atoms with Crippen molar-refractivity contribution in [3.63, 3.8) is 0 Å². The van der Waals surface area contributed by atoms with Crippen molar-refractivity contribution in [2.45, 2.75) is 13.8 Å². The van der Waals surface area contributed by atoms with Gasteiger partial charge in [-0.15, -0.1) is 0 Å². The van der Waals surface area contributed by atoms with E-state index in [2.05, 4.69) is 36.3 Å². The minimum atomic E-state index is 0.193. The average molecular weight is 356 g/mol. The predicted octanol–water partition coefficient (Wildman–Crippen LogP) is 6.25. The molecule has 1 heterocycles. The number of furan rings is 1. The third-order valence-electron chi connectivity index (χ3n) is 4.56. The van der Waals surface area contributed by atoms with E-state index in [1.165, 1.54) is 0 Å². The highest BCUT2D eigenvalue weighted by Crippen LogP contribution is 2.40. The maximum Gasteiger partial charge on any atom is 0.224 e. The Hall–Kier alpha value is -3.53. The summed E-state index contributed by atoms with van der Waals surface area (Å²) in [6, 6.07) is 21.1. The van der Waals surface area contributed by atoms with E-state index in [0.717, 1.165) is 27.8 Å². The molecule has 4 heteroatoms. The van der Waals surface area contributed by atoms with Crippen LogP contribution in [0.25, 0.3) is 11.0 Å². The van der Waals surface area contributed by atoms with Gasteiger partial charge < -0.3 is 14.8 Å². The Bertz CT molecular complexity index is 1120. The summed E-state index contributed by atoms with van der Waals surface area (Å²) in [5.74, 6) is 0.776. The fraction of sp³-hybridized carbons (Fsp3) is 0.0870. The number of nitrogens with one attached hydrogen (secondary N) is 1. The van der Waals surface area contributed by atoms with Crippen LogP contribution in [0.2, 0.25) is 0 Å². The SMILES string of the molecule is Cc1cccc(C)c1Nc1oc2ccccc2c1N=Cc1ccccc1O. The van der Waals surface area contributed by atoms with E-state index in [-0.39, 0.29) is 5.75 Å². The highest BCUT2D eigenvalue weighted by molar-refractivity contribution is 5.99. The van der Waals surface area contributed by atoms with Gasteiger partial charge in [0.1, 0.15) is 17.0 Å². The van der Waals surface area contributed by atoms with Crippen LogP contribution in [0.4, 0.5) is 17.3 Å². The first-order valence-corrected chi connectivity index (χ1v) is 8.80. The van der Waals surface area contributed by atoms with Crippen LogP contribution in [0.1, 0.15) is 16.7 Å². The minimum Gasteiger partial charge on any atom is -0.507 e. The van der Waals surface area contributed by atoms with Gasteiger partial charge in [-0.05, 0) is 49.2 Å². The number of nitrogens with zero attached hydrogens (tertiary/aromatic N) is 1. The number of phenols is 1. The van der Waals surface area contributed by atoms with Crippen molar-refractivity contribution < 1.29 is 9.52 Å². The van der Waals surface area contributed by atoms with E-state index in [1.54, 1.807) is 18.3 Å². The molecule has 4 nitrogen and oxygen atoms in total. The lowest BCUT2D eigenvalue weighted by molar-refractivity contribution is 0.474. The number of aryl methyl sites for hydroxylation is 2. The van der Waals surface area contributed by atoms with Gasteiger partial charge in [0.25, 0.3) is 0 Å². The molecular formula is C23H20N2O2. The monoisotopic (exact) mass is 356 g/mol. The minimum absolute atomic E-state index is 0.193. The molecule has 0 aliphatic carbocycles. The molecule has 1 aromatic heterocycles. The molecule has 0 fully saturated rings. The van der Waals surface area contributed by atoms with Crippen molar-refractivity contribution in [2.24, 2.45) is 4.99 Å². The zero-order valence-electron chi connectivity index (χ0n) is 15.2. The van der Waals surface area contributed by atoms with Crippen LogP contribution >= 0.6 is 0 Å². The molecule has 3 aromatic carbocycles. The van der Waals surface area contributed by atoms with Crippen LogP contribution in [0, 0.1) is 13.8 Å². The number of para-hydroxylation sites is 3. The molecule has 0 atom stereocenters. The summed E-state index contributed by atoms with van der Waals surface area (Å²) in [4.78, 5) is 4.64. The van der Waals surface area contributed by atoms with Gasteiger partial charge in [-0.2, -0.15) is 0 Å². The van der Waals surface area contributed by atoms with E-state index >= 15 is 0 Å². The number of fused-ring (bicyclic) bond motifs is 1. The van der Waals surface area contributed by atoms with Crippen molar-refractivity contribution in [3.05, 3.63) is 83.4 Å². The first-order chi connectivity index (χ1) is 13.1. The molecule has 0 bridgehead atoms. The van der Waals surface area contributed by atoms with Gasteiger partial charge in [0.2, 0.25) is 5.88 Å². The van der Waals surface area contributed by atoms with Crippen LogP contribution < -0.4 is 5.32 Å². The fourth-order valence-electron chi connectivity index (χ4n) is 3.10. The smallest absolute Gasteiger partial charge is 0.224 e. The fourth-order valence-corrected chi connectivity index (χ4v) is 3.10. The summed E-state index contributed by atoms with van der Waals surface area (Å²) in [7, 11) is 0. The molecule has 0 unspecified atom stereocenters.